The molecular formula is C23H31Cl2N5O. The molecule has 1 amide bonds. The third kappa shape index (κ3) is 5.24. The Bertz CT molecular complexity index is 879. The molecule has 1 aromatic carbocycles. The van der Waals surface area contributed by atoms with Gasteiger partial charge in [0.2, 0.25) is 5.82 Å². The molecule has 8 heteroatoms. The first-order chi connectivity index (χ1) is 15.1. The number of amides is 1. The number of halogens is 2. The Morgan fingerprint density at radius 3 is 2.29 bits per heavy atom. The highest BCUT2D eigenvalue weighted by atomic mass is 35.5. The molecule has 0 bridgehead atoms. The van der Waals surface area contributed by atoms with E-state index in [9.17, 15) is 4.79 Å². The number of hydrogen-bond donors (Lipinski definition) is 0. The second-order valence-corrected chi connectivity index (χ2v) is 9.45. The lowest BCUT2D eigenvalue weighted by Gasteiger charge is -2.34. The second-order valence-electron chi connectivity index (χ2n) is 8.64. The predicted molar refractivity (Wildman–Crippen MR) is 124 cm³/mol. The second kappa shape index (κ2) is 10.3. The molecule has 2 aliphatic rings. The molecule has 4 rings (SSSR count). The highest BCUT2D eigenvalue weighted by molar-refractivity contribution is 6.37. The first-order valence-corrected chi connectivity index (χ1v) is 12.2. The Morgan fingerprint density at radius 2 is 1.68 bits per heavy atom. The summed E-state index contributed by atoms with van der Waals surface area (Å²) in [6, 6.07) is 5.32. The number of nitrogens with zero attached hydrogens (tertiary/aromatic N) is 5. The Morgan fingerprint density at radius 1 is 1.03 bits per heavy atom. The van der Waals surface area contributed by atoms with Crippen LogP contribution in [-0.2, 0) is 6.42 Å². The number of piperidine rings is 1. The van der Waals surface area contributed by atoms with Gasteiger partial charge in [-0.3, -0.25) is 4.79 Å². The lowest BCUT2D eigenvalue weighted by Crippen LogP contribution is -2.42. The van der Waals surface area contributed by atoms with Crippen LogP contribution < -0.4 is 0 Å². The number of carbonyl (C=O) groups is 1. The van der Waals surface area contributed by atoms with E-state index in [2.05, 4.69) is 15.0 Å². The average Bonchev–Trinajstić information content (AvgIpc) is 3.02. The minimum Gasteiger partial charge on any atom is -0.336 e. The molecular weight excluding hydrogens is 433 g/mol. The minimum absolute atomic E-state index is 0.107. The van der Waals surface area contributed by atoms with Crippen molar-refractivity contribution in [1.82, 2.24) is 24.6 Å². The monoisotopic (exact) mass is 463 g/mol. The van der Waals surface area contributed by atoms with Crippen LogP contribution in [0.4, 0.5) is 0 Å². The molecule has 0 atom stereocenters. The molecule has 3 heterocycles. The SMILES string of the molecule is CCc1nc(C(=O)N2CCC(CN3CCCCCC3)CC2)nn1-c1c(Cl)cccc1Cl. The zero-order valence-electron chi connectivity index (χ0n) is 18.2. The fraction of sp³-hybridized carbons (Fsp3) is 0.609. The molecule has 1 aromatic heterocycles. The van der Waals surface area contributed by atoms with Gasteiger partial charge in [-0.25, -0.2) is 9.67 Å². The summed E-state index contributed by atoms with van der Waals surface area (Å²) in [6.07, 6.45) is 8.08. The molecule has 0 radical (unpaired) electrons. The highest BCUT2D eigenvalue weighted by Crippen LogP contribution is 2.29. The van der Waals surface area contributed by atoms with Crippen molar-refractivity contribution in [2.24, 2.45) is 5.92 Å². The largest absolute Gasteiger partial charge is 0.336 e. The van der Waals surface area contributed by atoms with E-state index in [0.29, 0.717) is 33.9 Å². The van der Waals surface area contributed by atoms with Crippen molar-refractivity contribution in [2.75, 3.05) is 32.7 Å². The Labute approximate surface area is 194 Å². The lowest BCUT2D eigenvalue weighted by molar-refractivity contribution is 0.0655. The predicted octanol–water partition coefficient (Wildman–Crippen LogP) is 4.86. The summed E-state index contributed by atoms with van der Waals surface area (Å²) < 4.78 is 1.62. The van der Waals surface area contributed by atoms with E-state index in [0.717, 1.165) is 25.9 Å². The molecule has 2 aliphatic heterocycles. The fourth-order valence-electron chi connectivity index (χ4n) is 4.68. The number of rotatable bonds is 5. The van der Waals surface area contributed by atoms with Crippen LogP contribution in [0.1, 0.15) is 61.9 Å². The van der Waals surface area contributed by atoms with Crippen LogP contribution in [0.2, 0.25) is 10.0 Å². The maximum absolute atomic E-state index is 13.1. The zero-order valence-corrected chi connectivity index (χ0v) is 19.7. The summed E-state index contributed by atoms with van der Waals surface area (Å²) in [5, 5.41) is 5.48. The summed E-state index contributed by atoms with van der Waals surface area (Å²) >= 11 is 12.7. The van der Waals surface area contributed by atoms with Gasteiger partial charge in [0.15, 0.2) is 0 Å². The van der Waals surface area contributed by atoms with Crippen LogP contribution in [0, 0.1) is 5.92 Å². The Kier molecular flexibility index (Phi) is 7.51. The normalized spacial score (nSPS) is 18.9. The number of carbonyl (C=O) groups excluding carboxylic acids is 1. The fourth-order valence-corrected chi connectivity index (χ4v) is 5.24. The first kappa shape index (κ1) is 22.6. The van der Waals surface area contributed by atoms with Crippen molar-refractivity contribution in [3.05, 3.63) is 39.9 Å². The summed E-state index contributed by atoms with van der Waals surface area (Å²) in [4.78, 5) is 22.2. The van der Waals surface area contributed by atoms with Crippen molar-refractivity contribution in [2.45, 2.75) is 51.9 Å². The van der Waals surface area contributed by atoms with Crippen LogP contribution in [0.3, 0.4) is 0 Å². The Balaban J connectivity index is 1.42. The molecule has 2 fully saturated rings. The van der Waals surface area contributed by atoms with E-state index in [4.69, 9.17) is 23.2 Å². The van der Waals surface area contributed by atoms with Crippen molar-refractivity contribution in [3.63, 3.8) is 0 Å². The lowest BCUT2D eigenvalue weighted by atomic mass is 9.96. The minimum atomic E-state index is -0.107. The zero-order chi connectivity index (χ0) is 21.8. The average molecular weight is 464 g/mol. The van der Waals surface area contributed by atoms with Crippen molar-refractivity contribution < 1.29 is 4.79 Å². The highest BCUT2D eigenvalue weighted by Gasteiger charge is 2.28. The van der Waals surface area contributed by atoms with Gasteiger partial charge < -0.3 is 9.80 Å². The summed E-state index contributed by atoms with van der Waals surface area (Å²) in [5.41, 5.74) is 0.574. The van der Waals surface area contributed by atoms with E-state index in [1.54, 1.807) is 22.9 Å². The van der Waals surface area contributed by atoms with E-state index >= 15 is 0 Å². The van der Waals surface area contributed by atoms with E-state index in [1.165, 1.54) is 45.3 Å². The molecule has 6 nitrogen and oxygen atoms in total. The van der Waals surface area contributed by atoms with Gasteiger partial charge in [-0.2, -0.15) is 0 Å². The first-order valence-electron chi connectivity index (χ1n) is 11.5. The number of para-hydroxylation sites is 1. The molecule has 2 saturated heterocycles. The van der Waals surface area contributed by atoms with E-state index in [-0.39, 0.29) is 11.7 Å². The molecule has 0 unspecified atom stereocenters. The van der Waals surface area contributed by atoms with Crippen molar-refractivity contribution in [1.29, 1.82) is 0 Å². The van der Waals surface area contributed by atoms with Gasteiger partial charge >= 0.3 is 0 Å². The van der Waals surface area contributed by atoms with Gasteiger partial charge in [-0.1, -0.05) is 49.0 Å². The standard InChI is InChI=1S/C23H31Cl2N5O/c1-2-20-26-22(27-30(20)21-18(24)8-7-9-19(21)25)23(31)29-14-10-17(11-15-29)16-28-12-5-3-4-6-13-28/h7-9,17H,2-6,10-16H2,1H3. The molecule has 0 spiro atoms. The number of likely N-dealkylation sites (tertiary alicyclic amines) is 2. The molecule has 0 saturated carbocycles. The maximum atomic E-state index is 13.1. The number of benzene rings is 1. The smallest absolute Gasteiger partial charge is 0.293 e. The summed E-state index contributed by atoms with van der Waals surface area (Å²) in [7, 11) is 0. The number of aromatic nitrogens is 3. The molecule has 0 N–H and O–H groups in total. The topological polar surface area (TPSA) is 54.3 Å². The van der Waals surface area contributed by atoms with Gasteiger partial charge in [0, 0.05) is 26.1 Å². The van der Waals surface area contributed by atoms with Gasteiger partial charge in [-0.05, 0) is 56.8 Å². The Hall–Kier alpha value is -1.63. The number of hydrogen-bond acceptors (Lipinski definition) is 4. The molecule has 168 valence electrons. The van der Waals surface area contributed by atoms with Crippen LogP contribution in [0.5, 0.6) is 0 Å². The van der Waals surface area contributed by atoms with Crippen molar-refractivity contribution in [3.8, 4) is 5.69 Å². The molecule has 2 aromatic rings. The third-order valence-corrected chi connectivity index (χ3v) is 7.06. The molecule has 0 aliphatic carbocycles. The van der Waals surface area contributed by atoms with E-state index < -0.39 is 0 Å². The van der Waals surface area contributed by atoms with Gasteiger partial charge in [0.25, 0.3) is 5.91 Å². The molecule has 31 heavy (non-hydrogen) atoms. The summed E-state index contributed by atoms with van der Waals surface area (Å²) in [6.45, 7) is 7.13. The van der Waals surface area contributed by atoms with Gasteiger partial charge in [0.1, 0.15) is 11.5 Å². The van der Waals surface area contributed by atoms with Crippen molar-refractivity contribution >= 4 is 29.1 Å². The third-order valence-electron chi connectivity index (χ3n) is 6.45. The van der Waals surface area contributed by atoms with Gasteiger partial charge in [0.05, 0.1) is 10.0 Å². The summed E-state index contributed by atoms with van der Waals surface area (Å²) in [5.74, 6) is 1.46. The maximum Gasteiger partial charge on any atom is 0.293 e. The van der Waals surface area contributed by atoms with Gasteiger partial charge in [-0.15, -0.1) is 5.10 Å². The quantitative estimate of drug-likeness (QED) is 0.634. The van der Waals surface area contributed by atoms with Crippen LogP contribution in [0.15, 0.2) is 18.2 Å². The van der Waals surface area contributed by atoms with Crippen LogP contribution in [-0.4, -0.2) is 63.2 Å². The van der Waals surface area contributed by atoms with Crippen LogP contribution >= 0.6 is 23.2 Å². The number of aryl methyl sites for hydroxylation is 1. The van der Waals surface area contributed by atoms with E-state index in [1.807, 2.05) is 11.8 Å². The van der Waals surface area contributed by atoms with Crippen LogP contribution in [0.25, 0.3) is 5.69 Å².